The van der Waals surface area contributed by atoms with Crippen LogP contribution in [0.1, 0.15) is 29.9 Å². The van der Waals surface area contributed by atoms with Crippen LogP contribution in [-0.2, 0) is 11.3 Å². The van der Waals surface area contributed by atoms with Gasteiger partial charge in [-0.15, -0.1) is 5.10 Å². The second kappa shape index (κ2) is 8.98. The maximum atomic E-state index is 12.5. The van der Waals surface area contributed by atoms with Crippen LogP contribution >= 0.6 is 11.6 Å². The van der Waals surface area contributed by atoms with E-state index in [9.17, 15) is 9.59 Å². The van der Waals surface area contributed by atoms with Crippen LogP contribution in [0.25, 0.3) is 5.69 Å². The minimum absolute atomic E-state index is 0.0425. The number of nitrogens with zero attached hydrogens (tertiary/aromatic N) is 3. The van der Waals surface area contributed by atoms with Crippen molar-refractivity contribution in [2.24, 2.45) is 5.92 Å². The fraction of sp³-hybridized carbons (Fsp3) is 0.348. The van der Waals surface area contributed by atoms with Crippen molar-refractivity contribution in [3.63, 3.8) is 0 Å². The summed E-state index contributed by atoms with van der Waals surface area (Å²) in [5.74, 6) is 2.29. The number of halogens is 1. The highest BCUT2D eigenvalue weighted by atomic mass is 35.5. The summed E-state index contributed by atoms with van der Waals surface area (Å²) in [6.45, 7) is 5.58. The Balaban J connectivity index is 1.40. The topological polar surface area (TPSA) is 80.4 Å². The number of hydrogen-bond donors (Lipinski definition) is 1. The summed E-state index contributed by atoms with van der Waals surface area (Å²) in [5, 5.41) is 8.09. The zero-order valence-electron chi connectivity index (χ0n) is 17.6. The smallest absolute Gasteiger partial charge is 0.271 e. The lowest BCUT2D eigenvalue weighted by molar-refractivity contribution is -0.125. The largest absolute Gasteiger partial charge is 0.465 e. The standard InChI is InChI=1S/C23H25ClN4O3/c1-15-3-5-18(13-20(15)24)28-22(29)8-7-21(26-28)27-11-9-17(10-12-27)23(30)25-14-19-6-4-16(2)31-19/h3-8,13,17H,9-12,14H2,1-2H3,(H,25,30). The van der Waals surface area contributed by atoms with E-state index in [4.69, 9.17) is 16.0 Å². The number of hydrogen-bond acceptors (Lipinski definition) is 5. The van der Waals surface area contributed by atoms with Crippen molar-refractivity contribution in [2.75, 3.05) is 18.0 Å². The molecule has 1 amide bonds. The van der Waals surface area contributed by atoms with Crippen LogP contribution in [0.3, 0.4) is 0 Å². The van der Waals surface area contributed by atoms with E-state index in [1.54, 1.807) is 12.1 Å². The molecule has 4 rings (SSSR count). The molecule has 1 fully saturated rings. The summed E-state index contributed by atoms with van der Waals surface area (Å²) < 4.78 is 6.87. The lowest BCUT2D eigenvalue weighted by Crippen LogP contribution is -2.41. The molecule has 31 heavy (non-hydrogen) atoms. The zero-order valence-corrected chi connectivity index (χ0v) is 18.4. The highest BCUT2D eigenvalue weighted by molar-refractivity contribution is 6.31. The SMILES string of the molecule is Cc1ccc(CNC(=O)C2CCN(c3ccc(=O)n(-c4ccc(C)c(Cl)c4)n3)CC2)o1. The Bertz CT molecular complexity index is 1150. The second-order valence-electron chi connectivity index (χ2n) is 7.87. The van der Waals surface area contributed by atoms with Crippen LogP contribution in [-0.4, -0.2) is 28.8 Å². The number of piperidine rings is 1. The molecule has 8 heteroatoms. The van der Waals surface area contributed by atoms with Gasteiger partial charge in [-0.2, -0.15) is 4.68 Å². The third kappa shape index (κ3) is 4.82. The predicted octanol–water partition coefficient (Wildman–Crippen LogP) is 3.63. The molecule has 0 saturated carbocycles. The lowest BCUT2D eigenvalue weighted by atomic mass is 9.96. The monoisotopic (exact) mass is 440 g/mol. The van der Waals surface area contributed by atoms with E-state index in [1.165, 1.54) is 10.7 Å². The van der Waals surface area contributed by atoms with Crippen molar-refractivity contribution in [1.29, 1.82) is 0 Å². The number of anilines is 1. The zero-order chi connectivity index (χ0) is 22.0. The van der Waals surface area contributed by atoms with E-state index < -0.39 is 0 Å². The van der Waals surface area contributed by atoms with Crippen molar-refractivity contribution < 1.29 is 9.21 Å². The second-order valence-corrected chi connectivity index (χ2v) is 8.27. The number of rotatable bonds is 5. The normalized spacial score (nSPS) is 14.6. The van der Waals surface area contributed by atoms with Gasteiger partial charge in [-0.05, 0) is 62.6 Å². The molecule has 2 aromatic heterocycles. The van der Waals surface area contributed by atoms with Crippen LogP contribution in [0, 0.1) is 19.8 Å². The summed E-state index contributed by atoms with van der Waals surface area (Å²) in [4.78, 5) is 27.0. The molecule has 1 N–H and O–H groups in total. The Hall–Kier alpha value is -3.06. The van der Waals surface area contributed by atoms with Crippen molar-refractivity contribution in [3.05, 3.63) is 74.9 Å². The van der Waals surface area contributed by atoms with Gasteiger partial charge in [-0.25, -0.2) is 0 Å². The van der Waals surface area contributed by atoms with Crippen LogP contribution in [0.15, 0.2) is 51.7 Å². The van der Waals surface area contributed by atoms with E-state index in [0.717, 1.165) is 29.9 Å². The number of carbonyl (C=O) groups is 1. The van der Waals surface area contributed by atoms with Crippen molar-refractivity contribution in [3.8, 4) is 5.69 Å². The third-order valence-electron chi connectivity index (χ3n) is 5.61. The molecule has 3 heterocycles. The summed E-state index contributed by atoms with van der Waals surface area (Å²) in [6, 6.07) is 12.4. The summed E-state index contributed by atoms with van der Waals surface area (Å²) in [6.07, 6.45) is 1.44. The van der Waals surface area contributed by atoms with Gasteiger partial charge in [0.2, 0.25) is 5.91 Å². The minimum atomic E-state index is -0.217. The molecular weight excluding hydrogens is 416 g/mol. The van der Waals surface area contributed by atoms with Crippen molar-refractivity contribution >= 4 is 23.3 Å². The van der Waals surface area contributed by atoms with E-state index in [0.29, 0.717) is 36.2 Å². The van der Waals surface area contributed by atoms with Gasteiger partial charge >= 0.3 is 0 Å². The van der Waals surface area contributed by atoms with Crippen LogP contribution < -0.4 is 15.8 Å². The van der Waals surface area contributed by atoms with Gasteiger partial charge in [-0.3, -0.25) is 9.59 Å². The molecule has 1 aliphatic heterocycles. The highest BCUT2D eigenvalue weighted by Crippen LogP contribution is 2.23. The molecule has 0 atom stereocenters. The quantitative estimate of drug-likeness (QED) is 0.655. The molecule has 0 aliphatic carbocycles. The molecular formula is C23H25ClN4O3. The number of nitrogens with one attached hydrogen (secondary N) is 1. The van der Waals surface area contributed by atoms with Crippen molar-refractivity contribution in [1.82, 2.24) is 15.1 Å². The average molecular weight is 441 g/mol. The molecule has 3 aromatic rings. The summed E-state index contributed by atoms with van der Waals surface area (Å²) in [5.41, 5.74) is 1.35. The van der Waals surface area contributed by atoms with Gasteiger partial charge in [-0.1, -0.05) is 17.7 Å². The maximum absolute atomic E-state index is 12.5. The molecule has 0 unspecified atom stereocenters. The van der Waals surface area contributed by atoms with E-state index in [2.05, 4.69) is 15.3 Å². The highest BCUT2D eigenvalue weighted by Gasteiger charge is 2.26. The fourth-order valence-corrected chi connectivity index (χ4v) is 3.91. The van der Waals surface area contributed by atoms with Gasteiger partial charge < -0.3 is 14.6 Å². The van der Waals surface area contributed by atoms with E-state index in [1.807, 2.05) is 38.1 Å². The molecule has 0 radical (unpaired) electrons. The predicted molar refractivity (Wildman–Crippen MR) is 120 cm³/mol. The van der Waals surface area contributed by atoms with Gasteiger partial charge in [0.15, 0.2) is 0 Å². The number of aromatic nitrogens is 2. The Morgan fingerprint density at radius 1 is 1.16 bits per heavy atom. The summed E-state index contributed by atoms with van der Waals surface area (Å²) >= 11 is 6.22. The van der Waals surface area contributed by atoms with Gasteiger partial charge in [0.1, 0.15) is 17.3 Å². The van der Waals surface area contributed by atoms with Crippen LogP contribution in [0.2, 0.25) is 5.02 Å². The number of benzene rings is 1. The number of furan rings is 1. The molecule has 0 bridgehead atoms. The van der Waals surface area contributed by atoms with Crippen molar-refractivity contribution in [2.45, 2.75) is 33.2 Å². The molecule has 162 valence electrons. The molecule has 1 saturated heterocycles. The number of amides is 1. The van der Waals surface area contributed by atoms with Gasteiger partial charge in [0.05, 0.1) is 12.2 Å². The first-order chi connectivity index (χ1) is 14.9. The lowest BCUT2D eigenvalue weighted by Gasteiger charge is -2.32. The Kier molecular flexibility index (Phi) is 6.13. The molecule has 1 aliphatic rings. The molecule has 7 nitrogen and oxygen atoms in total. The molecule has 1 aromatic carbocycles. The summed E-state index contributed by atoms with van der Waals surface area (Å²) in [7, 11) is 0. The van der Waals surface area contributed by atoms with Crippen LogP contribution in [0.4, 0.5) is 5.82 Å². The number of carbonyl (C=O) groups excluding carboxylic acids is 1. The third-order valence-corrected chi connectivity index (χ3v) is 6.02. The van der Waals surface area contributed by atoms with Crippen LogP contribution in [0.5, 0.6) is 0 Å². The minimum Gasteiger partial charge on any atom is -0.465 e. The van der Waals surface area contributed by atoms with E-state index in [-0.39, 0.29) is 17.4 Å². The molecule has 0 spiro atoms. The number of aryl methyl sites for hydroxylation is 2. The first-order valence-electron chi connectivity index (χ1n) is 10.4. The Morgan fingerprint density at radius 2 is 1.94 bits per heavy atom. The van der Waals surface area contributed by atoms with Gasteiger partial charge in [0.25, 0.3) is 5.56 Å². The first kappa shape index (κ1) is 21.2. The Morgan fingerprint density at radius 3 is 2.61 bits per heavy atom. The van der Waals surface area contributed by atoms with E-state index >= 15 is 0 Å². The Labute approximate surface area is 185 Å². The van der Waals surface area contributed by atoms with Gasteiger partial charge in [0, 0.05) is 30.1 Å². The fourth-order valence-electron chi connectivity index (χ4n) is 3.74. The first-order valence-corrected chi connectivity index (χ1v) is 10.7. The maximum Gasteiger partial charge on any atom is 0.271 e. The average Bonchev–Trinajstić information content (AvgIpc) is 3.19.